The van der Waals surface area contributed by atoms with E-state index in [4.69, 9.17) is 10.8 Å². The summed E-state index contributed by atoms with van der Waals surface area (Å²) in [5.74, 6) is -0.992. The SMILES string of the molecule is Nc1cc(C(=O)O)ccc1-n1cnc2ccccc21. The van der Waals surface area contributed by atoms with Gasteiger partial charge in [-0.05, 0) is 30.3 Å². The summed E-state index contributed by atoms with van der Waals surface area (Å²) < 4.78 is 1.84. The molecule has 3 rings (SSSR count). The maximum absolute atomic E-state index is 10.9. The topological polar surface area (TPSA) is 81.1 Å². The Kier molecular flexibility index (Phi) is 2.45. The monoisotopic (exact) mass is 253 g/mol. The van der Waals surface area contributed by atoms with Gasteiger partial charge in [-0.2, -0.15) is 0 Å². The number of anilines is 1. The molecular formula is C14H11N3O2. The van der Waals surface area contributed by atoms with Crippen LogP contribution in [0.4, 0.5) is 5.69 Å². The zero-order valence-electron chi connectivity index (χ0n) is 9.95. The number of nitrogens with two attached hydrogens (primary N) is 1. The lowest BCUT2D eigenvalue weighted by Gasteiger charge is -2.08. The summed E-state index contributed by atoms with van der Waals surface area (Å²) in [5, 5.41) is 8.93. The smallest absolute Gasteiger partial charge is 0.335 e. The van der Waals surface area contributed by atoms with E-state index in [0.717, 1.165) is 16.7 Å². The molecule has 0 unspecified atom stereocenters. The molecule has 19 heavy (non-hydrogen) atoms. The molecule has 0 amide bonds. The van der Waals surface area contributed by atoms with Crippen molar-refractivity contribution in [1.29, 1.82) is 0 Å². The lowest BCUT2D eigenvalue weighted by molar-refractivity contribution is 0.0697. The van der Waals surface area contributed by atoms with Gasteiger partial charge in [0.2, 0.25) is 0 Å². The third-order valence-electron chi connectivity index (χ3n) is 2.99. The Bertz CT molecular complexity index is 777. The molecule has 5 nitrogen and oxygen atoms in total. The molecule has 3 aromatic rings. The van der Waals surface area contributed by atoms with Crippen LogP contribution in [0.25, 0.3) is 16.7 Å². The van der Waals surface area contributed by atoms with E-state index in [1.54, 1.807) is 12.4 Å². The molecule has 0 atom stereocenters. The van der Waals surface area contributed by atoms with Gasteiger partial charge in [0, 0.05) is 0 Å². The molecule has 1 heterocycles. The molecule has 0 aliphatic heterocycles. The number of nitrogens with zero attached hydrogens (tertiary/aromatic N) is 2. The van der Waals surface area contributed by atoms with E-state index in [-0.39, 0.29) is 5.56 Å². The lowest BCUT2D eigenvalue weighted by atomic mass is 10.1. The van der Waals surface area contributed by atoms with E-state index in [2.05, 4.69) is 4.98 Å². The summed E-state index contributed by atoms with van der Waals surface area (Å²) in [6, 6.07) is 12.3. The van der Waals surface area contributed by atoms with Gasteiger partial charge in [-0.25, -0.2) is 9.78 Å². The number of carboxylic acids is 1. The van der Waals surface area contributed by atoms with Crippen molar-refractivity contribution in [3.05, 3.63) is 54.4 Å². The van der Waals surface area contributed by atoms with Crippen LogP contribution in [0.1, 0.15) is 10.4 Å². The molecule has 0 spiro atoms. The Morgan fingerprint density at radius 2 is 2.00 bits per heavy atom. The second-order valence-corrected chi connectivity index (χ2v) is 4.18. The van der Waals surface area contributed by atoms with Crippen LogP contribution in [0.5, 0.6) is 0 Å². The number of fused-ring (bicyclic) bond motifs is 1. The van der Waals surface area contributed by atoms with E-state index in [1.807, 2.05) is 28.8 Å². The maximum Gasteiger partial charge on any atom is 0.335 e. The molecule has 0 saturated heterocycles. The van der Waals surface area contributed by atoms with Gasteiger partial charge in [-0.15, -0.1) is 0 Å². The van der Waals surface area contributed by atoms with Crippen molar-refractivity contribution in [2.45, 2.75) is 0 Å². The zero-order valence-corrected chi connectivity index (χ0v) is 9.95. The first-order valence-electron chi connectivity index (χ1n) is 5.72. The second kappa shape index (κ2) is 4.13. The van der Waals surface area contributed by atoms with Crippen LogP contribution >= 0.6 is 0 Å². The number of para-hydroxylation sites is 2. The third kappa shape index (κ3) is 1.81. The predicted molar refractivity (Wildman–Crippen MR) is 72.4 cm³/mol. The van der Waals surface area contributed by atoms with Crippen molar-refractivity contribution in [1.82, 2.24) is 9.55 Å². The summed E-state index contributed by atoms with van der Waals surface area (Å²) in [6.07, 6.45) is 1.68. The van der Waals surface area contributed by atoms with E-state index < -0.39 is 5.97 Å². The fourth-order valence-corrected chi connectivity index (χ4v) is 2.06. The standard InChI is InChI=1S/C14H11N3O2/c15-10-7-9(14(18)19)5-6-12(10)17-8-16-11-3-1-2-4-13(11)17/h1-8H,15H2,(H,18,19). The molecule has 94 valence electrons. The van der Waals surface area contributed by atoms with E-state index in [9.17, 15) is 4.79 Å². The summed E-state index contributed by atoms with van der Waals surface area (Å²) in [5.41, 5.74) is 9.02. The number of rotatable bonds is 2. The van der Waals surface area contributed by atoms with Crippen LogP contribution in [0, 0.1) is 0 Å². The molecule has 2 aromatic carbocycles. The Morgan fingerprint density at radius 3 is 2.74 bits per heavy atom. The molecule has 0 saturated carbocycles. The minimum absolute atomic E-state index is 0.172. The van der Waals surface area contributed by atoms with E-state index >= 15 is 0 Å². The fourth-order valence-electron chi connectivity index (χ4n) is 2.06. The molecule has 0 radical (unpaired) electrons. The number of hydrogen-bond acceptors (Lipinski definition) is 3. The van der Waals surface area contributed by atoms with Crippen molar-refractivity contribution in [2.75, 3.05) is 5.73 Å². The first kappa shape index (κ1) is 11.3. The zero-order chi connectivity index (χ0) is 13.4. The van der Waals surface area contributed by atoms with E-state index in [1.165, 1.54) is 12.1 Å². The number of imidazole rings is 1. The highest BCUT2D eigenvalue weighted by atomic mass is 16.4. The van der Waals surface area contributed by atoms with Gasteiger partial charge in [0.1, 0.15) is 6.33 Å². The Morgan fingerprint density at radius 1 is 1.21 bits per heavy atom. The number of carbonyl (C=O) groups is 1. The van der Waals surface area contributed by atoms with Crippen molar-refractivity contribution >= 4 is 22.7 Å². The summed E-state index contributed by atoms with van der Waals surface area (Å²) >= 11 is 0. The van der Waals surface area contributed by atoms with Gasteiger partial charge in [0.25, 0.3) is 0 Å². The highest BCUT2D eigenvalue weighted by Crippen LogP contribution is 2.23. The van der Waals surface area contributed by atoms with Crippen LogP contribution in [0.15, 0.2) is 48.8 Å². The van der Waals surface area contributed by atoms with Crippen LogP contribution in [-0.2, 0) is 0 Å². The lowest BCUT2D eigenvalue weighted by Crippen LogP contribution is -2.02. The van der Waals surface area contributed by atoms with Gasteiger partial charge >= 0.3 is 5.97 Å². The largest absolute Gasteiger partial charge is 0.478 e. The van der Waals surface area contributed by atoms with Crippen molar-refractivity contribution in [3.8, 4) is 5.69 Å². The van der Waals surface area contributed by atoms with Crippen LogP contribution in [-0.4, -0.2) is 20.6 Å². The predicted octanol–water partition coefficient (Wildman–Crippen LogP) is 2.31. The first-order valence-corrected chi connectivity index (χ1v) is 5.72. The molecule has 0 aliphatic carbocycles. The number of aromatic carboxylic acids is 1. The molecule has 3 N–H and O–H groups in total. The maximum atomic E-state index is 10.9. The molecule has 0 aliphatic rings. The Balaban J connectivity index is 2.19. The van der Waals surface area contributed by atoms with Crippen molar-refractivity contribution < 1.29 is 9.90 Å². The third-order valence-corrected chi connectivity index (χ3v) is 2.99. The normalized spacial score (nSPS) is 10.7. The molecular weight excluding hydrogens is 242 g/mol. The number of benzene rings is 2. The second-order valence-electron chi connectivity index (χ2n) is 4.18. The van der Waals surface area contributed by atoms with Crippen molar-refractivity contribution in [3.63, 3.8) is 0 Å². The van der Waals surface area contributed by atoms with Crippen LogP contribution in [0.2, 0.25) is 0 Å². The van der Waals surface area contributed by atoms with Gasteiger partial charge in [-0.1, -0.05) is 12.1 Å². The Labute approximate surface area is 108 Å². The van der Waals surface area contributed by atoms with Gasteiger partial charge in [0.15, 0.2) is 0 Å². The number of nitrogen functional groups attached to an aromatic ring is 1. The molecule has 0 fully saturated rings. The van der Waals surface area contributed by atoms with Crippen LogP contribution in [0.3, 0.4) is 0 Å². The Hall–Kier alpha value is -2.82. The molecule has 0 bridgehead atoms. The fraction of sp³-hybridized carbons (Fsp3) is 0. The highest BCUT2D eigenvalue weighted by Gasteiger charge is 2.10. The highest BCUT2D eigenvalue weighted by molar-refractivity contribution is 5.90. The van der Waals surface area contributed by atoms with Crippen molar-refractivity contribution in [2.24, 2.45) is 0 Å². The van der Waals surface area contributed by atoms with Gasteiger partial charge in [0.05, 0.1) is 28.0 Å². The minimum Gasteiger partial charge on any atom is -0.478 e. The summed E-state index contributed by atoms with van der Waals surface area (Å²) in [4.78, 5) is 15.2. The average molecular weight is 253 g/mol. The van der Waals surface area contributed by atoms with Crippen LogP contribution < -0.4 is 5.73 Å². The number of aromatic nitrogens is 2. The van der Waals surface area contributed by atoms with Gasteiger partial charge in [-0.3, -0.25) is 4.57 Å². The number of carboxylic acid groups (broad SMARTS) is 1. The quantitative estimate of drug-likeness (QED) is 0.687. The first-order chi connectivity index (χ1) is 9.16. The average Bonchev–Trinajstić information content (AvgIpc) is 2.82. The summed E-state index contributed by atoms with van der Waals surface area (Å²) in [6.45, 7) is 0. The van der Waals surface area contributed by atoms with Gasteiger partial charge < -0.3 is 10.8 Å². The molecule has 5 heteroatoms. The molecule has 1 aromatic heterocycles. The number of hydrogen-bond donors (Lipinski definition) is 2. The summed E-state index contributed by atoms with van der Waals surface area (Å²) in [7, 11) is 0. The minimum atomic E-state index is -0.992. The van der Waals surface area contributed by atoms with E-state index in [0.29, 0.717) is 5.69 Å².